The summed E-state index contributed by atoms with van der Waals surface area (Å²) in [5.41, 5.74) is -0.929. The zero-order valence-corrected chi connectivity index (χ0v) is 12.7. The minimum Gasteiger partial charge on any atom is -0.475 e. The van der Waals surface area contributed by atoms with Crippen LogP contribution >= 0.6 is 27.3 Å². The summed E-state index contributed by atoms with van der Waals surface area (Å²) in [5, 5.41) is 11.0. The molecule has 1 aromatic rings. The maximum Gasteiger partial charge on any atom is 0.413 e. The van der Waals surface area contributed by atoms with E-state index in [1.165, 1.54) is 0 Å². The van der Waals surface area contributed by atoms with Gasteiger partial charge in [-0.25, -0.2) is 14.6 Å². The number of rotatable bonds is 3. The van der Waals surface area contributed by atoms with Gasteiger partial charge in [0.15, 0.2) is 5.13 Å². The van der Waals surface area contributed by atoms with Crippen LogP contribution in [0.1, 0.15) is 31.3 Å². The van der Waals surface area contributed by atoms with Gasteiger partial charge in [-0.15, -0.1) is 0 Å². The third-order valence-electron chi connectivity index (χ3n) is 1.60. The molecule has 0 aliphatic heterocycles. The number of hydrogen-bond donors (Lipinski definition) is 2. The SMILES string of the molecule is CC(C)(C)OC(=O)Nc1nc(C(=O)C(=O)O)c(Br)s1. The van der Waals surface area contributed by atoms with Gasteiger partial charge >= 0.3 is 12.1 Å². The zero-order valence-electron chi connectivity index (χ0n) is 10.3. The molecule has 1 amide bonds. The monoisotopic (exact) mass is 350 g/mol. The van der Waals surface area contributed by atoms with Crippen molar-refractivity contribution in [3.63, 3.8) is 0 Å². The fourth-order valence-corrected chi connectivity index (χ4v) is 2.39. The Balaban J connectivity index is 2.82. The number of aliphatic carboxylic acids is 1. The lowest BCUT2D eigenvalue weighted by molar-refractivity contribution is -0.131. The summed E-state index contributed by atoms with van der Waals surface area (Å²) >= 11 is 3.94. The van der Waals surface area contributed by atoms with Crippen molar-refractivity contribution in [2.75, 3.05) is 5.32 Å². The number of thiazole rings is 1. The molecule has 2 N–H and O–H groups in total. The molecule has 0 aliphatic rings. The first kappa shape index (κ1) is 15.6. The Bertz CT molecular complexity index is 535. The van der Waals surface area contributed by atoms with Gasteiger partial charge in [0, 0.05) is 0 Å². The van der Waals surface area contributed by atoms with E-state index in [9.17, 15) is 14.4 Å². The highest BCUT2D eigenvalue weighted by Gasteiger charge is 2.24. The van der Waals surface area contributed by atoms with Crippen molar-refractivity contribution in [2.45, 2.75) is 26.4 Å². The van der Waals surface area contributed by atoms with E-state index in [0.29, 0.717) is 0 Å². The molecule has 0 saturated heterocycles. The number of Topliss-reactive ketones (excluding diaryl/α,β-unsaturated/α-hetero) is 1. The summed E-state index contributed by atoms with van der Waals surface area (Å²) in [6.07, 6.45) is -0.733. The second-order valence-corrected chi connectivity index (χ2v) is 6.72. The molecule has 0 saturated carbocycles. The predicted octanol–water partition coefficient (Wildman–Crippen LogP) is 2.52. The maximum atomic E-state index is 11.5. The number of anilines is 1. The number of ether oxygens (including phenoxy) is 1. The first-order chi connectivity index (χ1) is 8.60. The molecule has 0 unspecified atom stereocenters. The first-order valence-electron chi connectivity index (χ1n) is 5.04. The molecule has 1 heterocycles. The standard InChI is InChI=1S/C10H11BrN2O5S/c1-10(2,3)18-9(17)13-8-12-4(6(11)19-8)5(14)7(15)16/h1-3H3,(H,15,16)(H,12,13,17). The lowest BCUT2D eigenvalue weighted by atomic mass is 10.2. The van der Waals surface area contributed by atoms with Crippen LogP contribution in [0.3, 0.4) is 0 Å². The molecule has 1 rings (SSSR count). The van der Waals surface area contributed by atoms with Crippen molar-refractivity contribution >= 4 is 50.2 Å². The van der Waals surface area contributed by atoms with E-state index >= 15 is 0 Å². The van der Waals surface area contributed by atoms with Crippen molar-refractivity contribution < 1.29 is 24.2 Å². The van der Waals surface area contributed by atoms with Crippen LogP contribution in [0.2, 0.25) is 0 Å². The number of carbonyl (C=O) groups is 3. The van der Waals surface area contributed by atoms with Crippen LogP contribution in [0.5, 0.6) is 0 Å². The van der Waals surface area contributed by atoms with Gasteiger partial charge in [-0.3, -0.25) is 10.1 Å². The number of amides is 1. The highest BCUT2D eigenvalue weighted by Crippen LogP contribution is 2.29. The lowest BCUT2D eigenvalue weighted by Crippen LogP contribution is -2.27. The summed E-state index contributed by atoms with van der Waals surface area (Å²) in [4.78, 5) is 37.0. The number of ketones is 1. The molecule has 0 radical (unpaired) electrons. The second-order valence-electron chi connectivity index (χ2n) is 4.40. The van der Waals surface area contributed by atoms with Gasteiger partial charge in [0.25, 0.3) is 5.78 Å². The normalized spacial score (nSPS) is 10.9. The Morgan fingerprint density at radius 1 is 1.37 bits per heavy atom. The highest BCUT2D eigenvalue weighted by molar-refractivity contribution is 9.11. The molecule has 104 valence electrons. The highest BCUT2D eigenvalue weighted by atomic mass is 79.9. The fourth-order valence-electron chi connectivity index (χ4n) is 0.987. The molecule has 0 aliphatic carbocycles. The van der Waals surface area contributed by atoms with E-state index in [-0.39, 0.29) is 14.6 Å². The van der Waals surface area contributed by atoms with E-state index in [4.69, 9.17) is 9.84 Å². The first-order valence-corrected chi connectivity index (χ1v) is 6.65. The van der Waals surface area contributed by atoms with Crippen molar-refractivity contribution in [3.8, 4) is 0 Å². The Kier molecular flexibility index (Phi) is 4.64. The molecule has 0 bridgehead atoms. The molecule has 7 nitrogen and oxygen atoms in total. The van der Waals surface area contributed by atoms with Crippen molar-refractivity contribution in [1.82, 2.24) is 4.98 Å². The summed E-state index contributed by atoms with van der Waals surface area (Å²) < 4.78 is 5.23. The van der Waals surface area contributed by atoms with Gasteiger partial charge in [-0.1, -0.05) is 11.3 Å². The van der Waals surface area contributed by atoms with Crippen LogP contribution < -0.4 is 5.32 Å². The number of nitrogens with one attached hydrogen (secondary N) is 1. The fraction of sp³-hybridized carbons (Fsp3) is 0.400. The van der Waals surface area contributed by atoms with Gasteiger partial charge in [0.1, 0.15) is 15.1 Å². The number of carbonyl (C=O) groups excluding carboxylic acids is 2. The molecule has 9 heteroatoms. The topological polar surface area (TPSA) is 106 Å². The Morgan fingerprint density at radius 2 is 1.95 bits per heavy atom. The summed E-state index contributed by atoms with van der Waals surface area (Å²) in [5.74, 6) is -2.77. The van der Waals surface area contributed by atoms with E-state index < -0.39 is 23.4 Å². The van der Waals surface area contributed by atoms with Crippen LogP contribution in [0, 0.1) is 0 Å². The van der Waals surface area contributed by atoms with Crippen LogP contribution in [0.4, 0.5) is 9.93 Å². The van der Waals surface area contributed by atoms with Gasteiger partial charge in [0.2, 0.25) is 0 Å². The second kappa shape index (κ2) is 5.66. The number of nitrogens with zero attached hydrogens (tertiary/aromatic N) is 1. The van der Waals surface area contributed by atoms with Crippen LogP contribution in [-0.2, 0) is 9.53 Å². The molecular formula is C10H11BrN2O5S. The molecular weight excluding hydrogens is 340 g/mol. The molecule has 0 fully saturated rings. The Hall–Kier alpha value is -1.48. The van der Waals surface area contributed by atoms with Gasteiger partial charge in [-0.2, -0.15) is 0 Å². The average Bonchev–Trinajstić information content (AvgIpc) is 2.54. The minimum atomic E-state index is -1.62. The lowest BCUT2D eigenvalue weighted by Gasteiger charge is -2.18. The maximum absolute atomic E-state index is 11.5. The third kappa shape index (κ3) is 4.60. The van der Waals surface area contributed by atoms with E-state index in [0.717, 1.165) is 11.3 Å². The van der Waals surface area contributed by atoms with Gasteiger partial charge in [0.05, 0.1) is 0 Å². The predicted molar refractivity (Wildman–Crippen MR) is 71.6 cm³/mol. The van der Waals surface area contributed by atoms with E-state index in [1.54, 1.807) is 20.8 Å². The molecule has 0 aromatic carbocycles. The van der Waals surface area contributed by atoms with Crippen molar-refractivity contribution in [3.05, 3.63) is 9.48 Å². The molecule has 0 spiro atoms. The van der Waals surface area contributed by atoms with Crippen molar-refractivity contribution in [1.29, 1.82) is 0 Å². The van der Waals surface area contributed by atoms with Crippen molar-refractivity contribution in [2.24, 2.45) is 0 Å². The number of hydrogen-bond acceptors (Lipinski definition) is 6. The number of aromatic nitrogens is 1. The quantitative estimate of drug-likeness (QED) is 0.640. The summed E-state index contributed by atoms with van der Waals surface area (Å²) in [6, 6.07) is 0. The Labute approximate surface area is 121 Å². The largest absolute Gasteiger partial charge is 0.475 e. The molecule has 1 aromatic heterocycles. The van der Waals surface area contributed by atoms with Gasteiger partial charge < -0.3 is 9.84 Å². The van der Waals surface area contributed by atoms with Gasteiger partial charge in [-0.05, 0) is 36.7 Å². The summed E-state index contributed by atoms with van der Waals surface area (Å²) in [6.45, 7) is 5.09. The van der Waals surface area contributed by atoms with Crippen LogP contribution in [-0.4, -0.2) is 33.5 Å². The van der Waals surface area contributed by atoms with Crippen LogP contribution in [0.15, 0.2) is 3.79 Å². The smallest absolute Gasteiger partial charge is 0.413 e. The summed E-state index contributed by atoms with van der Waals surface area (Å²) in [7, 11) is 0. The van der Waals surface area contributed by atoms with Crippen LogP contribution in [0.25, 0.3) is 0 Å². The average molecular weight is 351 g/mol. The minimum absolute atomic E-state index is 0.0747. The van der Waals surface area contributed by atoms with E-state index in [2.05, 4.69) is 26.2 Å². The third-order valence-corrected chi connectivity index (χ3v) is 3.22. The zero-order chi connectivity index (χ0) is 14.8. The Morgan fingerprint density at radius 3 is 2.42 bits per heavy atom. The molecule has 19 heavy (non-hydrogen) atoms. The molecule has 0 atom stereocenters. The number of carboxylic acids is 1. The number of carboxylic acid groups (broad SMARTS) is 1. The number of halogens is 1. The van der Waals surface area contributed by atoms with E-state index in [1.807, 2.05) is 0 Å².